The van der Waals surface area contributed by atoms with Crippen LogP contribution in [0.2, 0.25) is 0 Å². The second-order valence-corrected chi connectivity index (χ2v) is 10.7. The Bertz CT molecular complexity index is 2270. The molecule has 1 aliphatic rings. The number of aromatic hydroxyl groups is 1. The van der Waals surface area contributed by atoms with E-state index >= 15 is 0 Å². The highest BCUT2D eigenvalue weighted by atomic mass is 16.3. The molecule has 3 heteroatoms. The number of furan rings is 1. The van der Waals surface area contributed by atoms with Gasteiger partial charge < -0.3 is 14.5 Å². The Kier molecular flexibility index (Phi) is 5.01. The van der Waals surface area contributed by atoms with Crippen molar-refractivity contribution in [1.82, 2.24) is 4.98 Å². The van der Waals surface area contributed by atoms with Gasteiger partial charge in [-0.2, -0.15) is 0 Å². The van der Waals surface area contributed by atoms with Crippen LogP contribution in [0.4, 0.5) is 0 Å². The summed E-state index contributed by atoms with van der Waals surface area (Å²) in [4.78, 5) is 3.77. The topological polar surface area (TPSA) is 49.2 Å². The van der Waals surface area contributed by atoms with Gasteiger partial charge in [-0.25, -0.2) is 0 Å². The smallest absolute Gasteiger partial charge is 0.137 e. The zero-order chi connectivity index (χ0) is 27.6. The molecule has 0 fully saturated rings. The quantitative estimate of drug-likeness (QED) is 0.177. The minimum absolute atomic E-state index is 0.284. The summed E-state index contributed by atoms with van der Waals surface area (Å²) in [7, 11) is 0. The van der Waals surface area contributed by atoms with E-state index in [1.54, 1.807) is 12.1 Å². The van der Waals surface area contributed by atoms with Gasteiger partial charge in [-0.3, -0.25) is 0 Å². The lowest BCUT2D eigenvalue weighted by atomic mass is 9.69. The summed E-state index contributed by atoms with van der Waals surface area (Å²) in [5.41, 5.74) is 8.89. The molecule has 0 saturated heterocycles. The molecule has 0 saturated carbocycles. The Hall–Kier alpha value is -5.46. The SMILES string of the molecule is C#C/C=C\C=C/CC1(c2ccccc2O)c2ccccc2-c2c1ccc1c2[nH]c2cc3oc4ccccc4c3cc21. The number of terminal acetylenes is 1. The Labute approximate surface area is 237 Å². The standard InChI is InChI=1S/C38H25NO2/c1-2-3-4-5-12-21-38(30-16-9-10-17-33(30)40)29-15-8-6-14-26(29)36-31(38)20-19-25-27-22-28-24-13-7-11-18-34(24)41-35(28)23-32(27)39-37(25)36/h1,3-20,22-23,39-40H,21H2/b4-3-,12-5-. The fraction of sp³-hybridized carbons (Fsp3) is 0.0526. The highest BCUT2D eigenvalue weighted by molar-refractivity contribution is 6.19. The molecular weight excluding hydrogens is 502 g/mol. The predicted molar refractivity (Wildman–Crippen MR) is 168 cm³/mol. The lowest BCUT2D eigenvalue weighted by molar-refractivity contribution is 0.454. The molecule has 7 aromatic rings. The van der Waals surface area contributed by atoms with Crippen LogP contribution < -0.4 is 0 Å². The summed E-state index contributed by atoms with van der Waals surface area (Å²) in [6, 6.07) is 33.3. The molecular formula is C38H25NO2. The summed E-state index contributed by atoms with van der Waals surface area (Å²) < 4.78 is 6.21. The molecule has 0 spiro atoms. The lowest BCUT2D eigenvalue weighted by Crippen LogP contribution is -2.26. The first-order valence-corrected chi connectivity index (χ1v) is 13.8. The van der Waals surface area contributed by atoms with Crippen LogP contribution in [0.5, 0.6) is 5.75 Å². The molecule has 8 rings (SSSR count). The van der Waals surface area contributed by atoms with Crippen molar-refractivity contribution in [3.8, 4) is 29.2 Å². The molecule has 0 amide bonds. The molecule has 2 aromatic heterocycles. The number of para-hydroxylation sites is 2. The molecule has 2 N–H and O–H groups in total. The Morgan fingerprint density at radius 3 is 2.44 bits per heavy atom. The number of hydrogen-bond donors (Lipinski definition) is 2. The van der Waals surface area contributed by atoms with E-state index in [1.807, 2.05) is 42.5 Å². The third-order valence-electron chi connectivity index (χ3n) is 8.62. The van der Waals surface area contributed by atoms with E-state index in [9.17, 15) is 5.11 Å². The largest absolute Gasteiger partial charge is 0.508 e. The van der Waals surface area contributed by atoms with Crippen molar-refractivity contribution in [1.29, 1.82) is 0 Å². The minimum atomic E-state index is -0.576. The molecule has 3 nitrogen and oxygen atoms in total. The van der Waals surface area contributed by atoms with Crippen molar-refractivity contribution < 1.29 is 9.52 Å². The summed E-state index contributed by atoms with van der Waals surface area (Å²) in [6.07, 6.45) is 13.8. The minimum Gasteiger partial charge on any atom is -0.508 e. The number of nitrogens with one attached hydrogen (secondary N) is 1. The second-order valence-electron chi connectivity index (χ2n) is 10.7. The molecule has 0 aliphatic heterocycles. The number of aromatic amines is 1. The first kappa shape index (κ1) is 23.4. The van der Waals surface area contributed by atoms with Gasteiger partial charge in [-0.15, -0.1) is 6.42 Å². The zero-order valence-corrected chi connectivity index (χ0v) is 22.2. The third kappa shape index (κ3) is 3.22. The lowest BCUT2D eigenvalue weighted by Gasteiger charge is -2.32. The van der Waals surface area contributed by atoms with Gasteiger partial charge in [-0.1, -0.05) is 96.9 Å². The van der Waals surface area contributed by atoms with Gasteiger partial charge in [0.05, 0.1) is 16.4 Å². The summed E-state index contributed by atoms with van der Waals surface area (Å²) in [5, 5.41) is 15.8. The average Bonchev–Trinajstić information content (AvgIpc) is 3.64. The number of fused-ring (bicyclic) bond motifs is 10. The van der Waals surface area contributed by atoms with E-state index in [1.165, 1.54) is 33.0 Å². The fourth-order valence-electron chi connectivity index (χ4n) is 6.93. The summed E-state index contributed by atoms with van der Waals surface area (Å²) >= 11 is 0. The Morgan fingerprint density at radius 2 is 1.56 bits per heavy atom. The summed E-state index contributed by atoms with van der Waals surface area (Å²) in [6.45, 7) is 0. The molecule has 5 aromatic carbocycles. The van der Waals surface area contributed by atoms with Gasteiger partial charge in [0.15, 0.2) is 0 Å². The van der Waals surface area contributed by atoms with E-state index < -0.39 is 5.41 Å². The van der Waals surface area contributed by atoms with Crippen LogP contribution in [-0.4, -0.2) is 10.1 Å². The van der Waals surface area contributed by atoms with Gasteiger partial charge in [0.1, 0.15) is 16.9 Å². The number of rotatable bonds is 4. The highest BCUT2D eigenvalue weighted by Gasteiger charge is 2.46. The van der Waals surface area contributed by atoms with Crippen molar-refractivity contribution in [3.63, 3.8) is 0 Å². The van der Waals surface area contributed by atoms with Crippen LogP contribution in [0.15, 0.2) is 126 Å². The normalized spacial score (nSPS) is 16.4. The molecule has 41 heavy (non-hydrogen) atoms. The monoisotopic (exact) mass is 527 g/mol. The van der Waals surface area contributed by atoms with Crippen molar-refractivity contribution >= 4 is 43.7 Å². The predicted octanol–water partition coefficient (Wildman–Crippen LogP) is 9.38. The second kappa shape index (κ2) is 8.78. The maximum Gasteiger partial charge on any atom is 0.137 e. The Balaban J connectivity index is 1.45. The molecule has 0 radical (unpaired) electrons. The summed E-state index contributed by atoms with van der Waals surface area (Å²) in [5.74, 6) is 2.83. The van der Waals surface area contributed by atoms with Crippen molar-refractivity contribution in [2.75, 3.05) is 0 Å². The van der Waals surface area contributed by atoms with Gasteiger partial charge in [0.2, 0.25) is 0 Å². The molecule has 0 bridgehead atoms. The van der Waals surface area contributed by atoms with Gasteiger partial charge >= 0.3 is 0 Å². The molecule has 1 aliphatic carbocycles. The molecule has 194 valence electrons. The van der Waals surface area contributed by atoms with Crippen LogP contribution in [0.25, 0.3) is 54.9 Å². The van der Waals surface area contributed by atoms with Gasteiger partial charge in [-0.05, 0) is 47.4 Å². The number of phenolic OH excluding ortho intramolecular Hbond substituents is 1. The van der Waals surface area contributed by atoms with E-state index in [0.29, 0.717) is 6.42 Å². The van der Waals surface area contributed by atoms with Crippen LogP contribution in [0.1, 0.15) is 23.1 Å². The molecule has 2 heterocycles. The molecule has 1 atom stereocenters. The third-order valence-corrected chi connectivity index (χ3v) is 8.62. The fourth-order valence-corrected chi connectivity index (χ4v) is 6.93. The Morgan fingerprint density at radius 1 is 0.756 bits per heavy atom. The van der Waals surface area contributed by atoms with Crippen LogP contribution in [0, 0.1) is 12.3 Å². The van der Waals surface area contributed by atoms with Crippen LogP contribution >= 0.6 is 0 Å². The van der Waals surface area contributed by atoms with Gasteiger partial charge in [0, 0.05) is 38.7 Å². The highest BCUT2D eigenvalue weighted by Crippen LogP contribution is 2.58. The van der Waals surface area contributed by atoms with Crippen molar-refractivity contribution in [2.45, 2.75) is 11.8 Å². The number of H-pyrrole nitrogens is 1. The van der Waals surface area contributed by atoms with E-state index in [2.05, 4.69) is 77.6 Å². The van der Waals surface area contributed by atoms with Crippen molar-refractivity contribution in [2.24, 2.45) is 0 Å². The van der Waals surface area contributed by atoms with Crippen LogP contribution in [0.3, 0.4) is 0 Å². The average molecular weight is 528 g/mol. The molecule has 1 unspecified atom stereocenters. The van der Waals surface area contributed by atoms with Crippen molar-refractivity contribution in [3.05, 3.63) is 138 Å². The maximum absolute atomic E-state index is 11.2. The number of hydrogen-bond acceptors (Lipinski definition) is 2. The first-order valence-electron chi connectivity index (χ1n) is 13.8. The number of benzene rings is 5. The number of phenols is 1. The number of allylic oxidation sites excluding steroid dienone is 4. The van der Waals surface area contributed by atoms with Crippen LogP contribution in [-0.2, 0) is 5.41 Å². The maximum atomic E-state index is 11.2. The number of aromatic nitrogens is 1. The van der Waals surface area contributed by atoms with E-state index in [4.69, 9.17) is 10.8 Å². The van der Waals surface area contributed by atoms with E-state index in [-0.39, 0.29) is 5.75 Å². The van der Waals surface area contributed by atoms with E-state index in [0.717, 1.165) is 38.5 Å². The van der Waals surface area contributed by atoms with Gasteiger partial charge in [0.25, 0.3) is 0 Å². The first-order chi connectivity index (χ1) is 20.2. The zero-order valence-electron chi connectivity index (χ0n) is 22.2.